The molecule has 0 aromatic heterocycles. The van der Waals surface area contributed by atoms with E-state index in [9.17, 15) is 0 Å². The summed E-state index contributed by atoms with van der Waals surface area (Å²) in [5, 5.41) is 0. The second-order valence-electron chi connectivity index (χ2n) is 15.5. The van der Waals surface area contributed by atoms with E-state index in [0.29, 0.717) is 33.8 Å². The normalized spacial score (nSPS) is 20.2. The molecule has 2 atom stereocenters. The molecule has 2 unspecified atom stereocenters. The van der Waals surface area contributed by atoms with E-state index in [2.05, 4.69) is 92.4 Å². The van der Waals surface area contributed by atoms with Crippen molar-refractivity contribution in [3.05, 3.63) is 232 Å². The Kier molecular flexibility index (Phi) is 8.52. The Morgan fingerprint density at radius 3 is 2.11 bits per heavy atom. The minimum atomic E-state index is -3.07. The number of allylic oxidation sites excluding steroid dienone is 6. The van der Waals surface area contributed by atoms with Gasteiger partial charge in [0.15, 0.2) is 5.84 Å². The van der Waals surface area contributed by atoms with E-state index in [0.717, 1.165) is 35.1 Å². The number of hydrogen-bond acceptors (Lipinski definition) is 2. The van der Waals surface area contributed by atoms with Gasteiger partial charge in [-0.05, 0) is 99.0 Å². The van der Waals surface area contributed by atoms with E-state index in [1.54, 1.807) is 6.07 Å². The molecule has 57 heavy (non-hydrogen) atoms. The third-order valence-electron chi connectivity index (χ3n) is 12.2. The fourth-order valence-electron chi connectivity index (χ4n) is 9.12. The summed E-state index contributed by atoms with van der Waals surface area (Å²) in [7, 11) is 0. The number of aliphatic imine (C=N–C) groups is 2. The fraction of sp³-hybridized carbons (Fsp3) is 0.132. The minimum absolute atomic E-state index is 0.0565. The van der Waals surface area contributed by atoms with Crippen LogP contribution in [0, 0.1) is 5.92 Å². The summed E-state index contributed by atoms with van der Waals surface area (Å²) in [6, 6.07) is 48.4. The van der Waals surface area contributed by atoms with Crippen LogP contribution in [0.15, 0.2) is 186 Å². The standard InChI is InChI=1S/C53H40F2N2/c1-33-21-22-35-13-9-10-18-38(35)29-42-30-39(23-26-44(42)45-20-12-11-19-43(33)45)40-24-27-46-47-28-25-41(32-49(47)53(54,55)48(46)31-40)51-34(2)50(36-14-5-3-6-15-36)56-52(57-51)37-16-7-4-8-17-37/h3-21,23-28,30,32,48,51H,2,22,29,31H2,1H3/b33-21+. The van der Waals surface area contributed by atoms with Crippen molar-refractivity contribution in [2.45, 2.75) is 38.2 Å². The Balaban J connectivity index is 1.01. The molecule has 6 aromatic carbocycles. The molecule has 0 N–H and O–H groups in total. The van der Waals surface area contributed by atoms with Crippen LogP contribution >= 0.6 is 0 Å². The quantitative estimate of drug-likeness (QED) is 0.172. The summed E-state index contributed by atoms with van der Waals surface area (Å²) >= 11 is 0. The zero-order valence-electron chi connectivity index (χ0n) is 31.7. The van der Waals surface area contributed by atoms with Crippen molar-refractivity contribution in [2.75, 3.05) is 0 Å². The largest absolute Gasteiger partial charge is 0.280 e. The van der Waals surface area contributed by atoms with E-state index < -0.39 is 17.9 Å². The van der Waals surface area contributed by atoms with E-state index in [1.165, 1.54) is 39.0 Å². The molecule has 6 aromatic rings. The maximum Gasteiger partial charge on any atom is 0.280 e. The SMILES string of the molecule is C=C1C(c2ccccc2)=NC(c2ccccc2)=NC1c1ccc2c(c1)C(F)(F)C1CC(c3ccc4c(c3)Cc3ccccc3C/C=C(\C)c3ccccc3-4)=CC=C21. The van der Waals surface area contributed by atoms with Crippen molar-refractivity contribution < 1.29 is 8.78 Å². The highest BCUT2D eigenvalue weighted by Crippen LogP contribution is 2.57. The highest BCUT2D eigenvalue weighted by atomic mass is 19.3. The van der Waals surface area contributed by atoms with Crippen molar-refractivity contribution in [3.8, 4) is 11.1 Å². The molecule has 0 radical (unpaired) electrons. The third kappa shape index (κ3) is 6.08. The van der Waals surface area contributed by atoms with Gasteiger partial charge in [-0.15, -0.1) is 0 Å². The van der Waals surface area contributed by atoms with E-state index in [1.807, 2.05) is 78.9 Å². The summed E-state index contributed by atoms with van der Waals surface area (Å²) in [6.45, 7) is 6.62. The number of fused-ring (bicyclic) bond motifs is 7. The van der Waals surface area contributed by atoms with E-state index in [4.69, 9.17) is 9.98 Å². The molecule has 0 saturated carbocycles. The lowest BCUT2D eigenvalue weighted by Gasteiger charge is -2.26. The molecule has 276 valence electrons. The van der Waals surface area contributed by atoms with Crippen LogP contribution in [0.3, 0.4) is 0 Å². The second kappa shape index (κ2) is 13.9. The molecule has 0 fully saturated rings. The van der Waals surface area contributed by atoms with Crippen molar-refractivity contribution in [2.24, 2.45) is 15.9 Å². The zero-order chi connectivity index (χ0) is 38.7. The Bertz CT molecular complexity index is 2770. The molecule has 4 aliphatic rings. The van der Waals surface area contributed by atoms with Gasteiger partial charge in [0.05, 0.1) is 11.6 Å². The molecular weight excluding hydrogens is 703 g/mol. The maximum absolute atomic E-state index is 17.0. The number of rotatable bonds is 4. The predicted molar refractivity (Wildman–Crippen MR) is 231 cm³/mol. The number of benzene rings is 6. The van der Waals surface area contributed by atoms with Gasteiger partial charge < -0.3 is 0 Å². The van der Waals surface area contributed by atoms with Crippen molar-refractivity contribution in [1.82, 2.24) is 0 Å². The molecule has 0 spiro atoms. The van der Waals surface area contributed by atoms with Gasteiger partial charge in [-0.25, -0.2) is 13.8 Å². The van der Waals surface area contributed by atoms with Gasteiger partial charge in [-0.3, -0.25) is 4.99 Å². The van der Waals surface area contributed by atoms with Crippen LogP contribution in [0.2, 0.25) is 0 Å². The van der Waals surface area contributed by atoms with Crippen molar-refractivity contribution in [1.29, 1.82) is 0 Å². The van der Waals surface area contributed by atoms with E-state index >= 15 is 8.78 Å². The molecule has 4 heteroatoms. The summed E-state index contributed by atoms with van der Waals surface area (Å²) in [6.07, 6.45) is 8.19. The Labute approximate surface area is 332 Å². The monoisotopic (exact) mass is 742 g/mol. The van der Waals surface area contributed by atoms with Crippen LogP contribution in [0.25, 0.3) is 27.8 Å². The van der Waals surface area contributed by atoms with Gasteiger partial charge in [-0.2, -0.15) is 0 Å². The molecule has 2 nitrogen and oxygen atoms in total. The average Bonchev–Trinajstić information content (AvgIpc) is 3.48. The molecule has 1 heterocycles. The number of amidine groups is 1. The lowest BCUT2D eigenvalue weighted by Crippen LogP contribution is -2.23. The minimum Gasteiger partial charge on any atom is -0.253 e. The second-order valence-corrected chi connectivity index (χ2v) is 15.5. The molecular formula is C53H40F2N2. The summed E-state index contributed by atoms with van der Waals surface area (Å²) in [4.78, 5) is 9.99. The summed E-state index contributed by atoms with van der Waals surface area (Å²) in [5.41, 5.74) is 15.8. The van der Waals surface area contributed by atoms with Crippen LogP contribution in [0.1, 0.15) is 75.0 Å². The van der Waals surface area contributed by atoms with Crippen molar-refractivity contribution >= 4 is 28.3 Å². The van der Waals surface area contributed by atoms with Gasteiger partial charge in [-0.1, -0.05) is 164 Å². The van der Waals surface area contributed by atoms with Crippen LogP contribution in [0.4, 0.5) is 8.78 Å². The van der Waals surface area contributed by atoms with Gasteiger partial charge >= 0.3 is 0 Å². The topological polar surface area (TPSA) is 24.7 Å². The molecule has 10 rings (SSSR count). The van der Waals surface area contributed by atoms with Crippen LogP contribution < -0.4 is 0 Å². The lowest BCUT2D eigenvalue weighted by molar-refractivity contribution is -0.0345. The molecule has 1 aliphatic heterocycles. The van der Waals surface area contributed by atoms with E-state index in [-0.39, 0.29) is 12.0 Å². The van der Waals surface area contributed by atoms with Crippen LogP contribution in [-0.4, -0.2) is 11.5 Å². The number of nitrogens with zero attached hydrogens (tertiary/aromatic N) is 2. The average molecular weight is 743 g/mol. The zero-order valence-corrected chi connectivity index (χ0v) is 31.7. The van der Waals surface area contributed by atoms with Gasteiger partial charge in [0, 0.05) is 22.3 Å². The first-order chi connectivity index (χ1) is 27.8. The number of alkyl halides is 2. The number of hydrogen-bond donors (Lipinski definition) is 0. The predicted octanol–water partition coefficient (Wildman–Crippen LogP) is 13.0. The fourth-order valence-corrected chi connectivity index (χ4v) is 9.12. The Hall–Kier alpha value is -6.52. The first kappa shape index (κ1) is 34.9. The molecule has 0 bridgehead atoms. The smallest absolute Gasteiger partial charge is 0.253 e. The Morgan fingerprint density at radius 1 is 0.632 bits per heavy atom. The van der Waals surface area contributed by atoms with Crippen LogP contribution in [0.5, 0.6) is 0 Å². The first-order valence-electron chi connectivity index (χ1n) is 19.7. The molecule has 0 amide bonds. The van der Waals surface area contributed by atoms with Crippen LogP contribution in [-0.2, 0) is 18.8 Å². The Morgan fingerprint density at radius 2 is 1.32 bits per heavy atom. The van der Waals surface area contributed by atoms with Gasteiger partial charge in [0.2, 0.25) is 0 Å². The van der Waals surface area contributed by atoms with Gasteiger partial charge in [0.25, 0.3) is 5.92 Å². The molecule has 3 aliphatic carbocycles. The summed E-state index contributed by atoms with van der Waals surface area (Å²) in [5.74, 6) is -3.48. The first-order valence-corrected chi connectivity index (χ1v) is 19.7. The summed E-state index contributed by atoms with van der Waals surface area (Å²) < 4.78 is 33.9. The number of halogens is 2. The van der Waals surface area contributed by atoms with Crippen molar-refractivity contribution in [3.63, 3.8) is 0 Å². The van der Waals surface area contributed by atoms with Gasteiger partial charge in [0.1, 0.15) is 6.04 Å². The molecule has 0 saturated heterocycles. The lowest BCUT2D eigenvalue weighted by atomic mass is 9.81. The highest BCUT2D eigenvalue weighted by Gasteiger charge is 2.52. The highest BCUT2D eigenvalue weighted by molar-refractivity contribution is 6.21. The maximum atomic E-state index is 17.0. The third-order valence-corrected chi connectivity index (χ3v) is 12.2.